The first-order chi connectivity index (χ1) is 12.1. The zero-order chi connectivity index (χ0) is 18.1. The van der Waals surface area contributed by atoms with E-state index in [1.165, 1.54) is 0 Å². The van der Waals surface area contributed by atoms with Gasteiger partial charge in [-0.05, 0) is 25.0 Å². The Labute approximate surface area is 149 Å². The third-order valence-electron chi connectivity index (χ3n) is 3.79. The van der Waals surface area contributed by atoms with Gasteiger partial charge in [-0.1, -0.05) is 0 Å². The molecule has 2 aromatic rings. The number of hydrogen-bond acceptors (Lipinski definition) is 4. The molecular formula is C18H28N3O3P+2. The van der Waals surface area contributed by atoms with Crippen LogP contribution in [0.1, 0.15) is 13.8 Å². The first kappa shape index (κ1) is 19.7. The lowest BCUT2D eigenvalue weighted by molar-refractivity contribution is -0.694. The molecule has 0 saturated heterocycles. The summed E-state index contributed by atoms with van der Waals surface area (Å²) in [6.45, 7) is 6.45. The normalized spacial score (nSPS) is 11.6. The molecule has 2 rings (SSSR count). The monoisotopic (exact) mass is 365 g/mol. The Morgan fingerprint density at radius 3 is 1.72 bits per heavy atom. The van der Waals surface area contributed by atoms with Gasteiger partial charge >= 0.3 is 7.60 Å². The molecule has 136 valence electrons. The molecule has 2 aromatic heterocycles. The van der Waals surface area contributed by atoms with Crippen molar-refractivity contribution in [2.45, 2.75) is 26.9 Å². The smallest absolute Gasteiger partial charge is 0.325 e. The fourth-order valence-corrected chi connectivity index (χ4v) is 4.14. The van der Waals surface area contributed by atoms with Crippen LogP contribution in [0.4, 0.5) is 0 Å². The number of aromatic nitrogens is 2. The highest BCUT2D eigenvalue weighted by Crippen LogP contribution is 2.47. The molecule has 2 N–H and O–H groups in total. The standard InChI is InChI=1S/C18H28N3O3P/c1-3-23-25(22,24-4-2)16-15-21-12-7-18(8-13-21)17-5-10-20(11-6-17)14-9-19/h5-8,10-13H,3-4,9,14-16,19H2,1-2H3/q+2. The Bertz CT molecular complexity index is 680. The number of rotatable bonds is 10. The molecule has 0 amide bonds. The summed E-state index contributed by atoms with van der Waals surface area (Å²) in [5, 5.41) is 0. The largest absolute Gasteiger partial charge is 0.337 e. The van der Waals surface area contributed by atoms with Crippen molar-refractivity contribution in [2.24, 2.45) is 5.73 Å². The molecule has 0 saturated carbocycles. The number of nitrogens with zero attached hydrogens (tertiary/aromatic N) is 2. The van der Waals surface area contributed by atoms with Crippen LogP contribution in [0.5, 0.6) is 0 Å². The Hall–Kier alpha value is -1.59. The van der Waals surface area contributed by atoms with Crippen LogP contribution in [0.3, 0.4) is 0 Å². The van der Waals surface area contributed by atoms with E-state index in [1.54, 1.807) is 0 Å². The quantitative estimate of drug-likeness (QED) is 0.517. The number of nitrogens with two attached hydrogens (primary N) is 1. The van der Waals surface area contributed by atoms with Crippen molar-refractivity contribution >= 4 is 7.60 Å². The lowest BCUT2D eigenvalue weighted by Gasteiger charge is -2.15. The molecule has 6 nitrogen and oxygen atoms in total. The molecule has 7 heteroatoms. The third-order valence-corrected chi connectivity index (χ3v) is 5.84. The van der Waals surface area contributed by atoms with Crippen molar-refractivity contribution < 1.29 is 22.7 Å². The third kappa shape index (κ3) is 6.01. The van der Waals surface area contributed by atoms with Crippen LogP contribution >= 0.6 is 7.60 Å². The maximum atomic E-state index is 12.5. The predicted octanol–water partition coefficient (Wildman–Crippen LogP) is 2.15. The molecule has 0 aliphatic rings. The molecule has 0 aromatic carbocycles. The summed E-state index contributed by atoms with van der Waals surface area (Å²) in [7, 11) is -3.00. The highest BCUT2D eigenvalue weighted by atomic mass is 31.2. The lowest BCUT2D eigenvalue weighted by atomic mass is 10.1. The minimum atomic E-state index is -3.00. The van der Waals surface area contributed by atoms with Gasteiger partial charge in [0.05, 0.1) is 19.8 Å². The fourth-order valence-electron chi connectivity index (χ4n) is 2.54. The second-order valence-corrected chi connectivity index (χ2v) is 7.79. The van der Waals surface area contributed by atoms with Crippen molar-refractivity contribution in [1.82, 2.24) is 0 Å². The van der Waals surface area contributed by atoms with E-state index in [9.17, 15) is 4.57 Å². The number of pyridine rings is 2. The summed E-state index contributed by atoms with van der Waals surface area (Å²) in [6, 6.07) is 8.26. The highest BCUT2D eigenvalue weighted by Gasteiger charge is 2.25. The van der Waals surface area contributed by atoms with Gasteiger partial charge in [0, 0.05) is 24.3 Å². The van der Waals surface area contributed by atoms with Gasteiger partial charge in [-0.25, -0.2) is 9.13 Å². The van der Waals surface area contributed by atoms with Gasteiger partial charge in [0.25, 0.3) is 0 Å². The van der Waals surface area contributed by atoms with Crippen molar-refractivity contribution in [3.8, 4) is 11.1 Å². The van der Waals surface area contributed by atoms with E-state index in [0.717, 1.165) is 17.7 Å². The van der Waals surface area contributed by atoms with Crippen LogP contribution in [-0.2, 0) is 26.7 Å². The zero-order valence-electron chi connectivity index (χ0n) is 15.0. The summed E-state index contributed by atoms with van der Waals surface area (Å²) in [5.74, 6) is 0. The van der Waals surface area contributed by atoms with Crippen LogP contribution in [0.15, 0.2) is 49.1 Å². The van der Waals surface area contributed by atoms with Crippen molar-refractivity contribution in [3.05, 3.63) is 49.1 Å². The molecule has 0 atom stereocenters. The molecule has 0 bridgehead atoms. The van der Waals surface area contributed by atoms with Gasteiger partial charge in [-0.2, -0.15) is 0 Å². The first-order valence-corrected chi connectivity index (χ1v) is 10.4. The van der Waals surface area contributed by atoms with E-state index in [1.807, 2.05) is 43.2 Å². The molecule has 25 heavy (non-hydrogen) atoms. The van der Waals surface area contributed by atoms with E-state index in [4.69, 9.17) is 14.8 Å². The molecule has 0 aliphatic carbocycles. The maximum Gasteiger partial charge on any atom is 0.337 e. The summed E-state index contributed by atoms with van der Waals surface area (Å²) in [5.41, 5.74) is 7.84. The zero-order valence-corrected chi connectivity index (χ0v) is 15.9. The van der Waals surface area contributed by atoms with Crippen molar-refractivity contribution in [2.75, 3.05) is 25.9 Å². The van der Waals surface area contributed by atoms with Crippen LogP contribution < -0.4 is 14.9 Å². The Kier molecular flexibility index (Phi) is 7.72. The summed E-state index contributed by atoms with van der Waals surface area (Å²) in [6.07, 6.45) is 8.40. The molecule has 0 radical (unpaired) electrons. The second-order valence-electron chi connectivity index (χ2n) is 5.61. The predicted molar refractivity (Wildman–Crippen MR) is 97.0 cm³/mol. The minimum Gasteiger partial charge on any atom is -0.325 e. The van der Waals surface area contributed by atoms with Gasteiger partial charge in [0.15, 0.2) is 37.9 Å². The summed E-state index contributed by atoms with van der Waals surface area (Å²) < 4.78 is 27.2. The second kappa shape index (κ2) is 9.78. The summed E-state index contributed by atoms with van der Waals surface area (Å²) >= 11 is 0. The van der Waals surface area contributed by atoms with Crippen LogP contribution in [0.2, 0.25) is 0 Å². The van der Waals surface area contributed by atoms with E-state index >= 15 is 0 Å². The van der Waals surface area contributed by atoms with Gasteiger partial charge in [-0.3, -0.25) is 4.57 Å². The fraction of sp³-hybridized carbons (Fsp3) is 0.444. The molecule has 0 fully saturated rings. The Morgan fingerprint density at radius 2 is 1.32 bits per heavy atom. The van der Waals surface area contributed by atoms with Crippen LogP contribution in [0.25, 0.3) is 11.1 Å². The van der Waals surface area contributed by atoms with Gasteiger partial charge in [0.1, 0.15) is 6.16 Å². The molecule has 0 aliphatic heterocycles. The molecule has 0 spiro atoms. The number of aryl methyl sites for hydroxylation is 1. The highest BCUT2D eigenvalue weighted by molar-refractivity contribution is 7.53. The number of hydrogen-bond donors (Lipinski definition) is 1. The average Bonchev–Trinajstić information content (AvgIpc) is 2.62. The molecular weight excluding hydrogens is 337 g/mol. The van der Waals surface area contributed by atoms with Gasteiger partial charge < -0.3 is 14.8 Å². The lowest BCUT2D eigenvalue weighted by Crippen LogP contribution is -2.36. The van der Waals surface area contributed by atoms with Crippen molar-refractivity contribution in [3.63, 3.8) is 0 Å². The summed E-state index contributed by atoms with van der Waals surface area (Å²) in [4.78, 5) is 0. The molecule has 0 unspecified atom stereocenters. The first-order valence-electron chi connectivity index (χ1n) is 8.67. The topological polar surface area (TPSA) is 69.3 Å². The Balaban J connectivity index is 2.00. The Morgan fingerprint density at radius 1 is 0.880 bits per heavy atom. The average molecular weight is 365 g/mol. The van der Waals surface area contributed by atoms with Gasteiger partial charge in [-0.15, -0.1) is 0 Å². The minimum absolute atomic E-state index is 0.364. The van der Waals surface area contributed by atoms with Crippen LogP contribution in [-0.4, -0.2) is 25.9 Å². The van der Waals surface area contributed by atoms with Gasteiger partial charge in [0.2, 0.25) is 0 Å². The SMILES string of the molecule is CCOP(=O)(CC[n+]1ccc(-c2cc[n+](CCN)cc2)cc1)OCC. The van der Waals surface area contributed by atoms with E-state index in [0.29, 0.717) is 32.5 Å². The van der Waals surface area contributed by atoms with Crippen molar-refractivity contribution in [1.29, 1.82) is 0 Å². The van der Waals surface area contributed by atoms with E-state index in [2.05, 4.69) is 28.8 Å². The van der Waals surface area contributed by atoms with Crippen LogP contribution in [0, 0.1) is 0 Å². The van der Waals surface area contributed by atoms with E-state index < -0.39 is 7.60 Å². The maximum absolute atomic E-state index is 12.5. The van der Waals surface area contributed by atoms with E-state index in [-0.39, 0.29) is 0 Å². The molecule has 2 heterocycles.